The van der Waals surface area contributed by atoms with Crippen LogP contribution in [0.25, 0.3) is 0 Å². The third-order valence-electron chi connectivity index (χ3n) is 2.92. The molecule has 3 nitrogen and oxygen atoms in total. The maximum atomic E-state index is 12.6. The molecule has 1 aromatic rings. The van der Waals surface area contributed by atoms with Crippen LogP contribution in [0.5, 0.6) is 0 Å². The first kappa shape index (κ1) is 11.0. The van der Waals surface area contributed by atoms with E-state index in [1.807, 2.05) is 4.90 Å². The van der Waals surface area contributed by atoms with Crippen LogP contribution in [0.1, 0.15) is 30.1 Å². The van der Waals surface area contributed by atoms with Gasteiger partial charge in [-0.15, -0.1) is 0 Å². The maximum absolute atomic E-state index is 12.6. The number of carbonyl (C=O) groups excluding carboxylic acids is 1. The number of piperidine rings is 1. The van der Waals surface area contributed by atoms with Crippen molar-refractivity contribution in [1.29, 1.82) is 0 Å². The summed E-state index contributed by atoms with van der Waals surface area (Å²) in [5, 5.41) is 0. The van der Waals surface area contributed by atoms with Gasteiger partial charge in [0, 0.05) is 19.3 Å². The molecule has 4 heteroatoms. The van der Waals surface area contributed by atoms with Crippen molar-refractivity contribution in [3.05, 3.63) is 29.8 Å². The van der Waals surface area contributed by atoms with Gasteiger partial charge in [-0.1, -0.05) is 6.92 Å². The Morgan fingerprint density at radius 2 is 2.38 bits per heavy atom. The van der Waals surface area contributed by atoms with Gasteiger partial charge in [0.15, 0.2) is 0 Å². The summed E-state index contributed by atoms with van der Waals surface area (Å²) in [6, 6.07) is 2.71. The lowest BCUT2D eigenvalue weighted by Crippen LogP contribution is -2.39. The van der Waals surface area contributed by atoms with Gasteiger partial charge >= 0.3 is 0 Å². The average Bonchev–Trinajstić information content (AvgIpc) is 2.29. The van der Waals surface area contributed by atoms with Gasteiger partial charge in [-0.25, -0.2) is 4.98 Å². The first-order valence-electron chi connectivity index (χ1n) is 5.57. The summed E-state index contributed by atoms with van der Waals surface area (Å²) in [5.74, 6) is -0.0475. The number of carbonyl (C=O) groups is 1. The van der Waals surface area contributed by atoms with Crippen LogP contribution >= 0.6 is 0 Å². The van der Waals surface area contributed by atoms with E-state index < -0.39 is 5.95 Å². The smallest absolute Gasteiger partial charge is 0.255 e. The molecule has 0 N–H and O–H groups in total. The second kappa shape index (κ2) is 4.60. The first-order chi connectivity index (χ1) is 7.66. The molecule has 86 valence electrons. The Morgan fingerprint density at radius 1 is 1.56 bits per heavy atom. The third kappa shape index (κ3) is 2.38. The van der Waals surface area contributed by atoms with Gasteiger partial charge in [-0.3, -0.25) is 4.79 Å². The highest BCUT2D eigenvalue weighted by atomic mass is 19.1. The van der Waals surface area contributed by atoms with Gasteiger partial charge in [0.1, 0.15) is 0 Å². The minimum absolute atomic E-state index is 0.0425. The number of amides is 1. The van der Waals surface area contributed by atoms with Gasteiger partial charge in [0.25, 0.3) is 5.91 Å². The molecule has 2 rings (SSSR count). The van der Waals surface area contributed by atoms with Gasteiger partial charge in [0.05, 0.1) is 5.56 Å². The number of pyridine rings is 1. The Morgan fingerprint density at radius 3 is 3.00 bits per heavy atom. The Labute approximate surface area is 94.3 Å². The molecule has 1 atom stereocenters. The lowest BCUT2D eigenvalue weighted by molar-refractivity contribution is 0.0682. The molecular weight excluding hydrogens is 207 g/mol. The molecule has 0 bridgehead atoms. The molecule has 1 aliphatic heterocycles. The maximum Gasteiger partial charge on any atom is 0.255 e. The van der Waals surface area contributed by atoms with Crippen LogP contribution in [0.4, 0.5) is 4.39 Å². The molecule has 0 aromatic carbocycles. The fourth-order valence-electron chi connectivity index (χ4n) is 2.06. The number of halogens is 1. The van der Waals surface area contributed by atoms with E-state index in [1.165, 1.54) is 24.8 Å². The topological polar surface area (TPSA) is 33.2 Å². The molecule has 1 fully saturated rings. The SMILES string of the molecule is CC1CCCN(C(=O)c2ccc(F)nc2)C1. The van der Waals surface area contributed by atoms with Crippen LogP contribution in [-0.4, -0.2) is 28.9 Å². The molecule has 16 heavy (non-hydrogen) atoms. The normalized spacial score (nSPS) is 20.9. The van der Waals surface area contributed by atoms with Crippen molar-refractivity contribution in [3.8, 4) is 0 Å². The summed E-state index contributed by atoms with van der Waals surface area (Å²) in [6.07, 6.45) is 3.52. The summed E-state index contributed by atoms with van der Waals surface area (Å²) in [7, 11) is 0. The number of hydrogen-bond donors (Lipinski definition) is 0. The quantitative estimate of drug-likeness (QED) is 0.682. The zero-order valence-electron chi connectivity index (χ0n) is 9.32. The number of nitrogens with zero attached hydrogens (tertiary/aromatic N) is 2. The molecule has 0 radical (unpaired) electrons. The molecule has 0 spiro atoms. The average molecular weight is 222 g/mol. The Kier molecular flexibility index (Phi) is 3.17. The Hall–Kier alpha value is -1.45. The molecule has 1 aliphatic rings. The summed E-state index contributed by atoms with van der Waals surface area (Å²) in [4.78, 5) is 17.3. The highest BCUT2D eigenvalue weighted by Gasteiger charge is 2.21. The van der Waals surface area contributed by atoms with E-state index in [0.29, 0.717) is 11.5 Å². The number of hydrogen-bond acceptors (Lipinski definition) is 2. The molecular formula is C12H15FN2O. The second-order valence-corrected chi connectivity index (χ2v) is 4.37. The monoisotopic (exact) mass is 222 g/mol. The lowest BCUT2D eigenvalue weighted by Gasteiger charge is -2.30. The zero-order valence-corrected chi connectivity index (χ0v) is 9.32. The molecule has 2 heterocycles. The molecule has 1 amide bonds. The van der Waals surface area contributed by atoms with Crippen molar-refractivity contribution in [3.63, 3.8) is 0 Å². The summed E-state index contributed by atoms with van der Waals surface area (Å²) in [5.41, 5.74) is 0.468. The fraction of sp³-hybridized carbons (Fsp3) is 0.500. The van der Waals surface area contributed by atoms with Gasteiger partial charge < -0.3 is 4.90 Å². The van der Waals surface area contributed by atoms with E-state index in [1.54, 1.807) is 0 Å². The predicted octanol–water partition coefficient (Wildman–Crippen LogP) is 2.09. The van der Waals surface area contributed by atoms with Crippen LogP contribution in [0.3, 0.4) is 0 Å². The molecule has 0 aliphatic carbocycles. The number of rotatable bonds is 1. The molecule has 1 saturated heterocycles. The Balaban J connectivity index is 2.09. The van der Waals surface area contributed by atoms with E-state index in [-0.39, 0.29) is 5.91 Å². The Bertz CT molecular complexity index is 377. The van der Waals surface area contributed by atoms with Crippen LogP contribution in [0.2, 0.25) is 0 Å². The van der Waals surface area contributed by atoms with Crippen molar-refractivity contribution in [2.45, 2.75) is 19.8 Å². The van der Waals surface area contributed by atoms with E-state index in [9.17, 15) is 9.18 Å². The van der Waals surface area contributed by atoms with Gasteiger partial charge in [0.2, 0.25) is 5.95 Å². The van der Waals surface area contributed by atoms with Crippen molar-refractivity contribution >= 4 is 5.91 Å². The first-order valence-corrected chi connectivity index (χ1v) is 5.57. The fourth-order valence-corrected chi connectivity index (χ4v) is 2.06. The van der Waals surface area contributed by atoms with Crippen LogP contribution in [-0.2, 0) is 0 Å². The highest BCUT2D eigenvalue weighted by Crippen LogP contribution is 2.17. The van der Waals surface area contributed by atoms with E-state index in [0.717, 1.165) is 19.5 Å². The largest absolute Gasteiger partial charge is 0.338 e. The van der Waals surface area contributed by atoms with E-state index in [2.05, 4.69) is 11.9 Å². The van der Waals surface area contributed by atoms with Crippen molar-refractivity contribution in [2.24, 2.45) is 5.92 Å². The lowest BCUT2D eigenvalue weighted by atomic mass is 10.00. The van der Waals surface area contributed by atoms with Crippen molar-refractivity contribution in [1.82, 2.24) is 9.88 Å². The van der Waals surface area contributed by atoms with Crippen molar-refractivity contribution < 1.29 is 9.18 Å². The predicted molar refractivity (Wildman–Crippen MR) is 58.5 cm³/mol. The van der Waals surface area contributed by atoms with Crippen LogP contribution < -0.4 is 0 Å². The number of aromatic nitrogens is 1. The summed E-state index contributed by atoms with van der Waals surface area (Å²) in [6.45, 7) is 3.72. The molecule has 1 aromatic heterocycles. The van der Waals surface area contributed by atoms with E-state index in [4.69, 9.17) is 0 Å². The van der Waals surface area contributed by atoms with Crippen molar-refractivity contribution in [2.75, 3.05) is 13.1 Å². The minimum Gasteiger partial charge on any atom is -0.338 e. The standard InChI is InChI=1S/C12H15FN2O/c1-9-3-2-6-15(8-9)12(16)10-4-5-11(13)14-7-10/h4-5,7,9H,2-3,6,8H2,1H3. The second-order valence-electron chi connectivity index (χ2n) is 4.37. The van der Waals surface area contributed by atoms with Crippen LogP contribution in [0.15, 0.2) is 18.3 Å². The zero-order chi connectivity index (χ0) is 11.5. The summed E-state index contributed by atoms with van der Waals surface area (Å²) >= 11 is 0. The third-order valence-corrected chi connectivity index (χ3v) is 2.92. The van der Waals surface area contributed by atoms with E-state index >= 15 is 0 Å². The summed E-state index contributed by atoms with van der Waals surface area (Å²) < 4.78 is 12.6. The molecule has 1 unspecified atom stereocenters. The minimum atomic E-state index is -0.552. The van der Waals surface area contributed by atoms with Crippen LogP contribution in [0, 0.1) is 11.9 Å². The van der Waals surface area contributed by atoms with Gasteiger partial charge in [-0.2, -0.15) is 4.39 Å². The molecule has 0 saturated carbocycles. The van der Waals surface area contributed by atoms with Gasteiger partial charge in [-0.05, 0) is 30.9 Å². The number of likely N-dealkylation sites (tertiary alicyclic amines) is 1. The highest BCUT2D eigenvalue weighted by molar-refractivity contribution is 5.93.